The van der Waals surface area contributed by atoms with E-state index in [1.807, 2.05) is 0 Å². The van der Waals surface area contributed by atoms with Crippen molar-refractivity contribution in [2.75, 3.05) is 0 Å². The van der Waals surface area contributed by atoms with E-state index in [9.17, 15) is 10.1 Å². The van der Waals surface area contributed by atoms with Gasteiger partial charge in [-0.3, -0.25) is 10.1 Å². The summed E-state index contributed by atoms with van der Waals surface area (Å²) in [5.41, 5.74) is 10.8. The number of nitrogens with two attached hydrogens (primary N) is 2. The zero-order valence-corrected chi connectivity index (χ0v) is 7.70. The predicted molar refractivity (Wildman–Crippen MR) is 56.5 cm³/mol. The summed E-state index contributed by atoms with van der Waals surface area (Å²) < 4.78 is 0. The summed E-state index contributed by atoms with van der Waals surface area (Å²) in [4.78, 5) is 9.86. The van der Waals surface area contributed by atoms with E-state index in [-0.39, 0.29) is 11.6 Å². The topological polar surface area (TPSA) is 120 Å². The molecule has 0 heterocycles. The fraction of sp³-hybridized carbons (Fsp3) is 0. The predicted octanol–water partition coefficient (Wildman–Crippen LogP) is 0.202. The molecule has 0 aromatic heterocycles. The van der Waals surface area contributed by atoms with E-state index < -0.39 is 4.92 Å². The molecule has 0 radical (unpaired) electrons. The van der Waals surface area contributed by atoms with E-state index in [1.165, 1.54) is 18.3 Å². The number of rotatable bonds is 3. The number of guanidine groups is 1. The molecular weight excluding hydrogens is 198 g/mol. The van der Waals surface area contributed by atoms with Crippen molar-refractivity contribution in [3.05, 3.63) is 39.9 Å². The number of benzene rings is 1. The van der Waals surface area contributed by atoms with E-state index in [2.05, 4.69) is 10.2 Å². The number of hydrogen-bond donors (Lipinski definition) is 2. The Morgan fingerprint density at radius 1 is 1.33 bits per heavy atom. The Morgan fingerprint density at radius 3 is 2.40 bits per heavy atom. The fourth-order valence-corrected chi connectivity index (χ4v) is 0.844. The largest absolute Gasteiger partial charge is 0.369 e. The normalized spacial score (nSPS) is 10.1. The zero-order valence-electron chi connectivity index (χ0n) is 7.70. The van der Waals surface area contributed by atoms with Gasteiger partial charge in [-0.25, -0.2) is 0 Å². The Bertz CT molecular complexity index is 406. The van der Waals surface area contributed by atoms with Crippen molar-refractivity contribution in [2.45, 2.75) is 0 Å². The minimum absolute atomic E-state index is 0.0222. The average molecular weight is 207 g/mol. The van der Waals surface area contributed by atoms with Gasteiger partial charge in [0.2, 0.25) is 5.96 Å². The molecule has 0 atom stereocenters. The molecule has 78 valence electrons. The second-order valence-electron chi connectivity index (χ2n) is 2.62. The van der Waals surface area contributed by atoms with Gasteiger partial charge in [-0.05, 0) is 17.7 Å². The molecule has 0 saturated heterocycles. The molecule has 0 aliphatic rings. The van der Waals surface area contributed by atoms with Crippen LogP contribution < -0.4 is 11.5 Å². The van der Waals surface area contributed by atoms with E-state index >= 15 is 0 Å². The van der Waals surface area contributed by atoms with Gasteiger partial charge in [0, 0.05) is 12.1 Å². The van der Waals surface area contributed by atoms with Gasteiger partial charge in [0.1, 0.15) is 0 Å². The summed E-state index contributed by atoms with van der Waals surface area (Å²) in [5, 5.41) is 17.3. The Kier molecular flexibility index (Phi) is 3.33. The summed E-state index contributed by atoms with van der Waals surface area (Å²) in [6, 6.07) is 5.83. The molecule has 0 amide bonds. The van der Waals surface area contributed by atoms with Gasteiger partial charge in [0.25, 0.3) is 5.69 Å². The van der Waals surface area contributed by atoms with E-state index in [4.69, 9.17) is 11.5 Å². The third-order valence-corrected chi connectivity index (χ3v) is 1.48. The van der Waals surface area contributed by atoms with Gasteiger partial charge < -0.3 is 11.5 Å². The fourth-order valence-electron chi connectivity index (χ4n) is 0.844. The summed E-state index contributed by atoms with van der Waals surface area (Å²) in [6.45, 7) is 0. The Hall–Kier alpha value is -2.44. The Labute approximate surface area is 85.3 Å². The molecule has 0 saturated carbocycles. The van der Waals surface area contributed by atoms with Crippen LogP contribution in [0, 0.1) is 10.1 Å². The van der Waals surface area contributed by atoms with Gasteiger partial charge in [0.05, 0.1) is 11.1 Å². The van der Waals surface area contributed by atoms with E-state index in [0.717, 1.165) is 0 Å². The minimum Gasteiger partial charge on any atom is -0.369 e. The highest BCUT2D eigenvalue weighted by Crippen LogP contribution is 2.10. The third-order valence-electron chi connectivity index (χ3n) is 1.48. The molecule has 1 aromatic carbocycles. The highest BCUT2D eigenvalue weighted by atomic mass is 16.6. The lowest BCUT2D eigenvalue weighted by Crippen LogP contribution is -2.21. The van der Waals surface area contributed by atoms with Crippen molar-refractivity contribution in [1.82, 2.24) is 0 Å². The first-order chi connectivity index (χ1) is 7.09. The minimum atomic E-state index is -0.475. The Balaban J connectivity index is 2.77. The monoisotopic (exact) mass is 207 g/mol. The second kappa shape index (κ2) is 4.70. The van der Waals surface area contributed by atoms with Gasteiger partial charge >= 0.3 is 0 Å². The molecule has 0 fully saturated rings. The van der Waals surface area contributed by atoms with Crippen LogP contribution in [0.1, 0.15) is 5.56 Å². The first-order valence-electron chi connectivity index (χ1n) is 3.96. The summed E-state index contributed by atoms with van der Waals surface area (Å²) >= 11 is 0. The van der Waals surface area contributed by atoms with Crippen LogP contribution in [-0.2, 0) is 0 Å². The van der Waals surface area contributed by atoms with Crippen molar-refractivity contribution in [2.24, 2.45) is 21.7 Å². The lowest BCUT2D eigenvalue weighted by Gasteiger charge is -1.91. The molecule has 0 bridgehead atoms. The van der Waals surface area contributed by atoms with E-state index in [1.54, 1.807) is 12.1 Å². The Morgan fingerprint density at radius 2 is 1.93 bits per heavy atom. The second-order valence-corrected chi connectivity index (χ2v) is 2.62. The highest BCUT2D eigenvalue weighted by molar-refractivity contribution is 5.81. The van der Waals surface area contributed by atoms with Crippen molar-refractivity contribution >= 4 is 17.9 Å². The first kappa shape index (κ1) is 10.6. The van der Waals surface area contributed by atoms with Crippen molar-refractivity contribution < 1.29 is 4.92 Å². The maximum atomic E-state index is 10.3. The standard InChI is InChI=1S/C8H9N5O2/c9-8(10)12-11-5-6-1-3-7(4-2-6)13(14)15/h1-5H,(H4,9,10,12)/b11-5+. The number of non-ortho nitro benzene ring substituents is 1. The summed E-state index contributed by atoms with van der Waals surface area (Å²) in [5.74, 6) is -0.145. The van der Waals surface area contributed by atoms with Gasteiger partial charge in [-0.1, -0.05) is 0 Å². The van der Waals surface area contributed by atoms with Gasteiger partial charge in [0.15, 0.2) is 0 Å². The molecule has 1 aromatic rings. The van der Waals surface area contributed by atoms with Crippen LogP contribution in [-0.4, -0.2) is 17.1 Å². The van der Waals surface area contributed by atoms with Crippen LogP contribution in [0.25, 0.3) is 0 Å². The molecule has 0 aliphatic carbocycles. The summed E-state index contributed by atoms with van der Waals surface area (Å²) in [6.07, 6.45) is 1.39. The number of nitro benzene ring substituents is 1. The first-order valence-corrected chi connectivity index (χ1v) is 3.96. The van der Waals surface area contributed by atoms with Gasteiger partial charge in [-0.2, -0.15) is 5.10 Å². The van der Waals surface area contributed by atoms with Crippen molar-refractivity contribution in [3.63, 3.8) is 0 Å². The smallest absolute Gasteiger partial charge is 0.269 e. The highest BCUT2D eigenvalue weighted by Gasteiger charge is 2.02. The lowest BCUT2D eigenvalue weighted by atomic mass is 10.2. The van der Waals surface area contributed by atoms with Crippen molar-refractivity contribution in [3.8, 4) is 0 Å². The summed E-state index contributed by atoms with van der Waals surface area (Å²) in [7, 11) is 0. The third kappa shape index (κ3) is 3.43. The molecule has 4 N–H and O–H groups in total. The lowest BCUT2D eigenvalue weighted by molar-refractivity contribution is -0.384. The van der Waals surface area contributed by atoms with Crippen LogP contribution >= 0.6 is 0 Å². The molecular formula is C8H9N5O2. The van der Waals surface area contributed by atoms with Crippen LogP contribution in [0.2, 0.25) is 0 Å². The van der Waals surface area contributed by atoms with Crippen LogP contribution in [0.15, 0.2) is 34.5 Å². The SMILES string of the molecule is NC(N)=N/N=C/c1ccc([N+](=O)[O-])cc1. The maximum absolute atomic E-state index is 10.3. The quantitative estimate of drug-likeness (QED) is 0.318. The molecule has 0 unspecified atom stereocenters. The molecule has 7 heteroatoms. The molecule has 15 heavy (non-hydrogen) atoms. The van der Waals surface area contributed by atoms with Crippen LogP contribution in [0.3, 0.4) is 0 Å². The number of nitrogens with zero attached hydrogens (tertiary/aromatic N) is 3. The zero-order chi connectivity index (χ0) is 11.3. The molecule has 0 aliphatic heterocycles. The van der Waals surface area contributed by atoms with Crippen molar-refractivity contribution in [1.29, 1.82) is 0 Å². The van der Waals surface area contributed by atoms with Gasteiger partial charge in [-0.15, -0.1) is 5.10 Å². The molecule has 0 spiro atoms. The molecule has 7 nitrogen and oxygen atoms in total. The molecule has 1 rings (SSSR count). The van der Waals surface area contributed by atoms with Crippen LogP contribution in [0.5, 0.6) is 0 Å². The van der Waals surface area contributed by atoms with E-state index in [0.29, 0.717) is 5.56 Å². The number of hydrogen-bond acceptors (Lipinski definition) is 4. The number of nitro groups is 1. The van der Waals surface area contributed by atoms with Crippen LogP contribution in [0.4, 0.5) is 5.69 Å². The average Bonchev–Trinajstić information content (AvgIpc) is 2.18. The maximum Gasteiger partial charge on any atom is 0.269 e.